The van der Waals surface area contributed by atoms with Crippen LogP contribution in [0.4, 0.5) is 5.13 Å². The number of nitrogens with two attached hydrogens (primary N) is 1. The Kier molecular flexibility index (Phi) is 5.08. The third kappa shape index (κ3) is 4.70. The van der Waals surface area contributed by atoms with Crippen LogP contribution in [0.15, 0.2) is 5.38 Å². The highest BCUT2D eigenvalue weighted by Gasteiger charge is 2.16. The first kappa shape index (κ1) is 14.4. The van der Waals surface area contributed by atoms with Gasteiger partial charge in [0.15, 0.2) is 5.13 Å². The van der Waals surface area contributed by atoms with Crippen molar-refractivity contribution < 1.29 is 9.59 Å². The van der Waals surface area contributed by atoms with Crippen molar-refractivity contribution in [2.45, 2.75) is 39.3 Å². The van der Waals surface area contributed by atoms with E-state index in [9.17, 15) is 9.59 Å². The molecule has 0 saturated carbocycles. The van der Waals surface area contributed by atoms with Crippen molar-refractivity contribution in [3.05, 3.63) is 11.1 Å². The van der Waals surface area contributed by atoms with Gasteiger partial charge < -0.3 is 16.4 Å². The van der Waals surface area contributed by atoms with Gasteiger partial charge in [0.2, 0.25) is 11.8 Å². The SMILES string of the molecule is CC(C)NC(=O)C(C)NC(=O)Cc1csc(N)n1. The molecule has 1 unspecified atom stereocenters. The molecular formula is C11H18N4O2S. The van der Waals surface area contributed by atoms with E-state index in [4.69, 9.17) is 5.73 Å². The van der Waals surface area contributed by atoms with Crippen molar-refractivity contribution in [1.29, 1.82) is 0 Å². The lowest BCUT2D eigenvalue weighted by molar-refractivity contribution is -0.128. The van der Waals surface area contributed by atoms with E-state index in [0.29, 0.717) is 10.8 Å². The van der Waals surface area contributed by atoms with Crippen LogP contribution in [-0.2, 0) is 16.0 Å². The Balaban J connectivity index is 2.42. The Morgan fingerprint density at radius 3 is 2.56 bits per heavy atom. The Labute approximate surface area is 110 Å². The number of nitrogen functional groups attached to an aromatic ring is 1. The van der Waals surface area contributed by atoms with Crippen molar-refractivity contribution >= 4 is 28.3 Å². The highest BCUT2D eigenvalue weighted by Crippen LogP contribution is 2.11. The van der Waals surface area contributed by atoms with E-state index < -0.39 is 6.04 Å². The minimum atomic E-state index is -0.559. The minimum Gasteiger partial charge on any atom is -0.375 e. The van der Waals surface area contributed by atoms with Gasteiger partial charge in [0.25, 0.3) is 0 Å². The third-order valence-electron chi connectivity index (χ3n) is 2.11. The molecule has 0 fully saturated rings. The molecule has 7 heteroatoms. The van der Waals surface area contributed by atoms with Crippen LogP contribution in [0, 0.1) is 0 Å². The molecule has 4 N–H and O–H groups in total. The summed E-state index contributed by atoms with van der Waals surface area (Å²) in [4.78, 5) is 27.2. The predicted octanol–water partition coefficient (Wildman–Crippen LogP) is 0.297. The highest BCUT2D eigenvalue weighted by atomic mass is 32.1. The summed E-state index contributed by atoms with van der Waals surface area (Å²) in [5, 5.41) is 7.51. The van der Waals surface area contributed by atoms with E-state index in [1.165, 1.54) is 11.3 Å². The van der Waals surface area contributed by atoms with Crippen molar-refractivity contribution in [3.63, 3.8) is 0 Å². The first-order valence-electron chi connectivity index (χ1n) is 5.68. The van der Waals surface area contributed by atoms with E-state index in [-0.39, 0.29) is 24.3 Å². The van der Waals surface area contributed by atoms with Crippen molar-refractivity contribution in [1.82, 2.24) is 15.6 Å². The van der Waals surface area contributed by atoms with Crippen LogP contribution in [0.1, 0.15) is 26.5 Å². The number of hydrogen-bond acceptors (Lipinski definition) is 5. The van der Waals surface area contributed by atoms with Gasteiger partial charge in [-0.15, -0.1) is 11.3 Å². The van der Waals surface area contributed by atoms with Crippen LogP contribution < -0.4 is 16.4 Å². The molecule has 1 aromatic heterocycles. The minimum absolute atomic E-state index is 0.0511. The monoisotopic (exact) mass is 270 g/mol. The lowest BCUT2D eigenvalue weighted by Gasteiger charge is -2.15. The van der Waals surface area contributed by atoms with E-state index in [1.807, 2.05) is 13.8 Å². The van der Waals surface area contributed by atoms with E-state index in [2.05, 4.69) is 15.6 Å². The van der Waals surface area contributed by atoms with Crippen molar-refractivity contribution in [2.24, 2.45) is 0 Å². The first-order chi connectivity index (χ1) is 8.38. The van der Waals surface area contributed by atoms with Gasteiger partial charge in [0.05, 0.1) is 12.1 Å². The van der Waals surface area contributed by atoms with Crippen molar-refractivity contribution in [2.75, 3.05) is 5.73 Å². The fraction of sp³-hybridized carbons (Fsp3) is 0.545. The fourth-order valence-corrected chi connectivity index (χ4v) is 1.90. The molecule has 0 aliphatic heterocycles. The van der Waals surface area contributed by atoms with Crippen LogP contribution in [0.25, 0.3) is 0 Å². The molecule has 1 rings (SSSR count). The average molecular weight is 270 g/mol. The third-order valence-corrected chi connectivity index (χ3v) is 2.84. The van der Waals surface area contributed by atoms with Crippen LogP contribution >= 0.6 is 11.3 Å². The number of aromatic nitrogens is 1. The number of thiazole rings is 1. The van der Waals surface area contributed by atoms with Gasteiger partial charge in [0, 0.05) is 11.4 Å². The van der Waals surface area contributed by atoms with Gasteiger partial charge in [-0.3, -0.25) is 9.59 Å². The van der Waals surface area contributed by atoms with Gasteiger partial charge in [-0.25, -0.2) is 4.98 Å². The second-order valence-corrected chi connectivity index (χ2v) is 5.20. The molecule has 100 valence electrons. The van der Waals surface area contributed by atoms with E-state index in [0.717, 1.165) is 0 Å². The number of nitrogens with one attached hydrogen (secondary N) is 2. The summed E-state index contributed by atoms with van der Waals surface area (Å²) in [6.07, 6.45) is 0.132. The Morgan fingerprint density at radius 1 is 1.39 bits per heavy atom. The number of amides is 2. The topological polar surface area (TPSA) is 97.1 Å². The maximum Gasteiger partial charge on any atom is 0.242 e. The second-order valence-electron chi connectivity index (χ2n) is 4.31. The largest absolute Gasteiger partial charge is 0.375 e. The van der Waals surface area contributed by atoms with Gasteiger partial charge in [-0.05, 0) is 20.8 Å². The molecule has 18 heavy (non-hydrogen) atoms. The summed E-state index contributed by atoms with van der Waals surface area (Å²) in [6, 6.07) is -0.508. The summed E-state index contributed by atoms with van der Waals surface area (Å²) in [5.74, 6) is -0.442. The predicted molar refractivity (Wildman–Crippen MR) is 71.1 cm³/mol. The molecule has 2 amide bonds. The standard InChI is InChI=1S/C11H18N4O2S/c1-6(2)13-10(17)7(3)14-9(16)4-8-5-18-11(12)15-8/h5-7H,4H2,1-3H3,(H2,12,15)(H,13,17)(H,14,16). The second kappa shape index (κ2) is 6.34. The normalized spacial score (nSPS) is 12.2. The maximum absolute atomic E-state index is 11.7. The molecule has 0 radical (unpaired) electrons. The Morgan fingerprint density at radius 2 is 2.06 bits per heavy atom. The van der Waals surface area contributed by atoms with E-state index in [1.54, 1.807) is 12.3 Å². The number of anilines is 1. The van der Waals surface area contributed by atoms with Gasteiger partial charge in [0.1, 0.15) is 6.04 Å². The average Bonchev–Trinajstić information content (AvgIpc) is 2.62. The van der Waals surface area contributed by atoms with Gasteiger partial charge >= 0.3 is 0 Å². The Bertz CT molecular complexity index is 430. The summed E-state index contributed by atoms with van der Waals surface area (Å²) in [6.45, 7) is 5.38. The molecule has 0 bridgehead atoms. The number of rotatable bonds is 5. The zero-order valence-corrected chi connectivity index (χ0v) is 11.5. The molecule has 1 atom stereocenters. The molecule has 1 heterocycles. The fourth-order valence-electron chi connectivity index (χ4n) is 1.34. The van der Waals surface area contributed by atoms with Crippen LogP contribution in [0.5, 0.6) is 0 Å². The summed E-state index contributed by atoms with van der Waals surface area (Å²) in [7, 11) is 0. The van der Waals surface area contributed by atoms with Crippen LogP contribution in [0.3, 0.4) is 0 Å². The summed E-state index contributed by atoms with van der Waals surface area (Å²) in [5.41, 5.74) is 6.09. The molecular weight excluding hydrogens is 252 g/mol. The number of nitrogens with zero attached hydrogens (tertiary/aromatic N) is 1. The molecule has 0 saturated heterocycles. The van der Waals surface area contributed by atoms with Crippen LogP contribution in [-0.4, -0.2) is 28.9 Å². The molecule has 0 aromatic carbocycles. The lowest BCUT2D eigenvalue weighted by Crippen LogP contribution is -2.47. The van der Waals surface area contributed by atoms with Gasteiger partial charge in [-0.2, -0.15) is 0 Å². The van der Waals surface area contributed by atoms with Gasteiger partial charge in [-0.1, -0.05) is 0 Å². The highest BCUT2D eigenvalue weighted by molar-refractivity contribution is 7.13. The zero-order valence-electron chi connectivity index (χ0n) is 10.7. The molecule has 0 spiro atoms. The van der Waals surface area contributed by atoms with Crippen LogP contribution in [0.2, 0.25) is 0 Å². The molecule has 0 aliphatic carbocycles. The number of carbonyl (C=O) groups excluding carboxylic acids is 2. The smallest absolute Gasteiger partial charge is 0.242 e. The summed E-state index contributed by atoms with van der Waals surface area (Å²) >= 11 is 1.29. The van der Waals surface area contributed by atoms with Crippen molar-refractivity contribution in [3.8, 4) is 0 Å². The maximum atomic E-state index is 11.7. The lowest BCUT2D eigenvalue weighted by atomic mass is 10.2. The molecule has 1 aromatic rings. The summed E-state index contributed by atoms with van der Waals surface area (Å²) < 4.78 is 0. The zero-order chi connectivity index (χ0) is 13.7. The Hall–Kier alpha value is -1.63. The molecule has 0 aliphatic rings. The number of hydrogen-bond donors (Lipinski definition) is 3. The quantitative estimate of drug-likeness (QED) is 0.716. The molecule has 6 nitrogen and oxygen atoms in total. The number of carbonyl (C=O) groups is 2. The first-order valence-corrected chi connectivity index (χ1v) is 6.56. The van der Waals surface area contributed by atoms with E-state index >= 15 is 0 Å².